The van der Waals surface area contributed by atoms with Crippen LogP contribution in [0, 0.1) is 6.92 Å². The molecule has 0 aliphatic carbocycles. The van der Waals surface area contributed by atoms with Crippen LogP contribution >= 0.6 is 0 Å². The van der Waals surface area contributed by atoms with Crippen LogP contribution in [0.4, 0.5) is 10.5 Å². The third-order valence-corrected chi connectivity index (χ3v) is 3.02. The monoisotopic (exact) mass is 275 g/mol. The van der Waals surface area contributed by atoms with E-state index in [4.69, 9.17) is 4.42 Å². The van der Waals surface area contributed by atoms with Crippen molar-refractivity contribution < 1.29 is 9.21 Å². The first-order valence-electron chi connectivity index (χ1n) is 7.07. The van der Waals surface area contributed by atoms with Gasteiger partial charge in [0, 0.05) is 25.7 Å². The fourth-order valence-corrected chi connectivity index (χ4v) is 2.18. The van der Waals surface area contributed by atoms with Gasteiger partial charge in [-0.2, -0.15) is 0 Å². The lowest BCUT2D eigenvalue weighted by Gasteiger charge is -2.21. The highest BCUT2D eigenvalue weighted by Gasteiger charge is 2.12. The van der Waals surface area contributed by atoms with Crippen molar-refractivity contribution in [2.75, 3.05) is 18.4 Å². The molecule has 2 amide bonds. The summed E-state index contributed by atoms with van der Waals surface area (Å²) in [5.74, 6) is 0.627. The Morgan fingerprint density at radius 2 is 2.00 bits per heavy atom. The van der Waals surface area contributed by atoms with Crippen LogP contribution in [0.5, 0.6) is 0 Å². The minimum atomic E-state index is -0.0618. The lowest BCUT2D eigenvalue weighted by atomic mass is 10.3. The summed E-state index contributed by atoms with van der Waals surface area (Å²) in [6.07, 6.45) is 1.91. The smallest absolute Gasteiger partial charge is 0.321 e. The van der Waals surface area contributed by atoms with E-state index in [9.17, 15) is 4.79 Å². The number of aromatic nitrogens is 1. The van der Waals surface area contributed by atoms with E-state index in [2.05, 4.69) is 24.1 Å². The average Bonchev–Trinajstić information content (AvgIpc) is 2.77. The van der Waals surface area contributed by atoms with Crippen molar-refractivity contribution in [2.24, 2.45) is 0 Å². The maximum Gasteiger partial charge on any atom is 0.321 e. The number of carbonyl (C=O) groups is 1. The van der Waals surface area contributed by atoms with E-state index in [1.165, 1.54) is 0 Å². The number of carbonyl (C=O) groups excluding carboxylic acids is 1. The van der Waals surface area contributed by atoms with Crippen LogP contribution in [0.25, 0.3) is 11.1 Å². The molecule has 5 nitrogen and oxygen atoms in total. The maximum atomic E-state index is 12.2. The molecule has 0 radical (unpaired) electrons. The molecule has 0 unspecified atom stereocenters. The minimum absolute atomic E-state index is 0.0618. The van der Waals surface area contributed by atoms with Crippen molar-refractivity contribution in [1.82, 2.24) is 9.88 Å². The number of fused-ring (bicyclic) bond motifs is 1. The fraction of sp³-hybridized carbons (Fsp3) is 0.467. The molecule has 20 heavy (non-hydrogen) atoms. The van der Waals surface area contributed by atoms with Crippen molar-refractivity contribution in [2.45, 2.75) is 33.6 Å². The first-order chi connectivity index (χ1) is 9.63. The van der Waals surface area contributed by atoms with Gasteiger partial charge >= 0.3 is 6.03 Å². The molecule has 0 saturated heterocycles. The Morgan fingerprint density at radius 1 is 1.30 bits per heavy atom. The lowest BCUT2D eigenvalue weighted by molar-refractivity contribution is 0.211. The summed E-state index contributed by atoms with van der Waals surface area (Å²) in [6.45, 7) is 7.48. The van der Waals surface area contributed by atoms with Crippen molar-refractivity contribution >= 4 is 22.8 Å². The van der Waals surface area contributed by atoms with Gasteiger partial charge in [0.15, 0.2) is 11.5 Å². The van der Waals surface area contributed by atoms with Gasteiger partial charge in [-0.3, -0.25) is 0 Å². The van der Waals surface area contributed by atoms with E-state index in [0.29, 0.717) is 5.89 Å². The molecule has 5 heteroatoms. The lowest BCUT2D eigenvalue weighted by Crippen LogP contribution is -2.36. The molecule has 0 bridgehead atoms. The first-order valence-corrected chi connectivity index (χ1v) is 7.07. The molecule has 1 heterocycles. The van der Waals surface area contributed by atoms with Crippen molar-refractivity contribution in [3.63, 3.8) is 0 Å². The molecular weight excluding hydrogens is 254 g/mol. The first kappa shape index (κ1) is 14.4. The topological polar surface area (TPSA) is 58.4 Å². The van der Waals surface area contributed by atoms with E-state index < -0.39 is 0 Å². The highest BCUT2D eigenvalue weighted by Crippen LogP contribution is 2.20. The number of aryl methyl sites for hydroxylation is 1. The van der Waals surface area contributed by atoms with Crippen LogP contribution < -0.4 is 5.32 Å². The largest absolute Gasteiger partial charge is 0.441 e. The van der Waals surface area contributed by atoms with Crippen LogP contribution in [0.15, 0.2) is 22.6 Å². The van der Waals surface area contributed by atoms with E-state index in [1.54, 1.807) is 0 Å². The number of urea groups is 1. The summed E-state index contributed by atoms with van der Waals surface area (Å²) in [7, 11) is 0. The molecule has 0 fully saturated rings. The Labute approximate surface area is 119 Å². The Morgan fingerprint density at radius 3 is 2.65 bits per heavy atom. The highest BCUT2D eigenvalue weighted by molar-refractivity contribution is 5.91. The van der Waals surface area contributed by atoms with Gasteiger partial charge in [-0.05, 0) is 31.0 Å². The molecule has 0 saturated carbocycles. The number of rotatable bonds is 5. The van der Waals surface area contributed by atoms with Crippen molar-refractivity contribution in [3.8, 4) is 0 Å². The number of anilines is 1. The maximum absolute atomic E-state index is 12.2. The SMILES string of the molecule is CCCN(CCC)C(=O)Nc1ccc2oc(C)nc2c1. The number of hydrogen-bond acceptors (Lipinski definition) is 3. The number of nitrogens with one attached hydrogen (secondary N) is 1. The summed E-state index contributed by atoms with van der Waals surface area (Å²) in [6, 6.07) is 5.43. The zero-order chi connectivity index (χ0) is 14.5. The summed E-state index contributed by atoms with van der Waals surface area (Å²) in [5, 5.41) is 2.92. The summed E-state index contributed by atoms with van der Waals surface area (Å²) in [4.78, 5) is 18.3. The molecule has 1 aromatic carbocycles. The molecule has 108 valence electrons. The van der Waals surface area contributed by atoms with E-state index >= 15 is 0 Å². The second kappa shape index (κ2) is 6.41. The Kier molecular flexibility index (Phi) is 4.61. The van der Waals surface area contributed by atoms with Crippen LogP contribution in [0.2, 0.25) is 0 Å². The zero-order valence-electron chi connectivity index (χ0n) is 12.3. The molecule has 1 N–H and O–H groups in total. The normalized spacial score (nSPS) is 10.8. The van der Waals surface area contributed by atoms with Crippen molar-refractivity contribution in [3.05, 3.63) is 24.1 Å². The second-order valence-electron chi connectivity index (χ2n) is 4.83. The molecule has 1 aromatic heterocycles. The molecule has 2 rings (SSSR count). The van der Waals surface area contributed by atoms with Gasteiger partial charge < -0.3 is 14.6 Å². The zero-order valence-corrected chi connectivity index (χ0v) is 12.3. The third-order valence-electron chi connectivity index (χ3n) is 3.02. The predicted molar refractivity (Wildman–Crippen MR) is 79.9 cm³/mol. The standard InChI is InChI=1S/C15H21N3O2/c1-4-8-18(9-5-2)15(19)17-12-6-7-14-13(10-12)16-11(3)20-14/h6-7,10H,4-5,8-9H2,1-3H3,(H,17,19). The van der Waals surface area contributed by atoms with Gasteiger partial charge in [-0.25, -0.2) is 9.78 Å². The van der Waals surface area contributed by atoms with Crippen LogP contribution in [-0.2, 0) is 0 Å². The molecule has 0 atom stereocenters. The molecule has 0 spiro atoms. The predicted octanol–water partition coefficient (Wildman–Crippen LogP) is 3.79. The summed E-state index contributed by atoms with van der Waals surface area (Å²) in [5.41, 5.74) is 2.24. The van der Waals surface area contributed by atoms with Gasteiger partial charge in [0.1, 0.15) is 5.52 Å². The highest BCUT2D eigenvalue weighted by atomic mass is 16.3. The third kappa shape index (κ3) is 3.29. The Balaban J connectivity index is 2.11. The fourth-order valence-electron chi connectivity index (χ4n) is 2.18. The van der Waals surface area contributed by atoms with E-state index in [-0.39, 0.29) is 6.03 Å². The van der Waals surface area contributed by atoms with Gasteiger partial charge in [0.2, 0.25) is 0 Å². The molecule has 2 aromatic rings. The van der Waals surface area contributed by atoms with Crippen LogP contribution in [-0.4, -0.2) is 29.0 Å². The Hall–Kier alpha value is -2.04. The van der Waals surface area contributed by atoms with Crippen LogP contribution in [0.1, 0.15) is 32.6 Å². The number of hydrogen-bond donors (Lipinski definition) is 1. The quantitative estimate of drug-likeness (QED) is 0.903. The van der Waals surface area contributed by atoms with Crippen molar-refractivity contribution in [1.29, 1.82) is 0 Å². The second-order valence-corrected chi connectivity index (χ2v) is 4.83. The number of oxazole rings is 1. The Bertz CT molecular complexity index is 586. The summed E-state index contributed by atoms with van der Waals surface area (Å²) >= 11 is 0. The van der Waals surface area contributed by atoms with Gasteiger partial charge in [-0.15, -0.1) is 0 Å². The van der Waals surface area contributed by atoms with E-state index in [0.717, 1.165) is 42.7 Å². The van der Waals surface area contributed by atoms with Gasteiger partial charge in [0.25, 0.3) is 0 Å². The minimum Gasteiger partial charge on any atom is -0.441 e. The average molecular weight is 275 g/mol. The van der Waals surface area contributed by atoms with Gasteiger partial charge in [0.05, 0.1) is 0 Å². The molecule has 0 aliphatic heterocycles. The number of amides is 2. The number of benzene rings is 1. The van der Waals surface area contributed by atoms with E-state index in [1.807, 2.05) is 30.0 Å². The number of nitrogens with zero attached hydrogens (tertiary/aromatic N) is 2. The van der Waals surface area contributed by atoms with Gasteiger partial charge in [-0.1, -0.05) is 13.8 Å². The molecule has 0 aliphatic rings. The molecular formula is C15H21N3O2. The van der Waals surface area contributed by atoms with Crippen LogP contribution in [0.3, 0.4) is 0 Å². The summed E-state index contributed by atoms with van der Waals surface area (Å²) < 4.78 is 5.42.